The van der Waals surface area contributed by atoms with Gasteiger partial charge in [-0.1, -0.05) is 0 Å². The van der Waals surface area contributed by atoms with Crippen LogP contribution >= 0.6 is 0 Å². The Morgan fingerprint density at radius 1 is 1.40 bits per heavy atom. The molecule has 0 spiro atoms. The van der Waals surface area contributed by atoms with Gasteiger partial charge in [-0.25, -0.2) is 0 Å². The minimum atomic E-state index is 0. The van der Waals surface area contributed by atoms with Gasteiger partial charge in [-0.05, 0) is 0 Å². The van der Waals surface area contributed by atoms with Crippen molar-refractivity contribution in [2.75, 3.05) is 7.11 Å². The van der Waals surface area contributed by atoms with Gasteiger partial charge in [-0.15, -0.1) is 0 Å². The van der Waals surface area contributed by atoms with E-state index in [-0.39, 0.29) is 16.8 Å². The summed E-state index contributed by atoms with van der Waals surface area (Å²) >= 11 is 0. The molecule has 0 aliphatic heterocycles. The summed E-state index contributed by atoms with van der Waals surface area (Å²) in [5.41, 5.74) is 0. The van der Waals surface area contributed by atoms with Gasteiger partial charge >= 0.3 is 0 Å². The first-order valence-electron chi connectivity index (χ1n) is 0.683. The average Bonchev–Trinajstić information content (AvgIpc) is 1.50. The molecule has 1 radical (unpaired) electrons. The fourth-order valence-corrected chi connectivity index (χ4v) is 0. The van der Waals surface area contributed by atoms with E-state index in [9.17, 15) is 0 Å². The molecule has 2 nitrogen and oxygen atoms in total. The smallest absolute Gasteiger partial charge is 0.0319 e. The number of aliphatic hydroxyl groups is 1. The van der Waals surface area contributed by atoms with E-state index in [1.165, 1.54) is 0 Å². The van der Waals surface area contributed by atoms with Crippen LogP contribution in [0.1, 0.15) is 0 Å². The van der Waals surface area contributed by atoms with Crippen LogP contribution in [-0.2, 0) is 21.6 Å². The predicted octanol–water partition coefficient (Wildman–Crippen LogP) is -0.668. The van der Waals surface area contributed by atoms with Crippen LogP contribution in [0, 0.1) is 0 Å². The van der Waals surface area contributed by atoms with E-state index >= 15 is 0 Å². The SMILES string of the molecule is CO.[CH-]=O.[Co]. The van der Waals surface area contributed by atoms with Crippen LogP contribution in [0.15, 0.2) is 0 Å². The van der Waals surface area contributed by atoms with Crippen molar-refractivity contribution in [2.45, 2.75) is 0 Å². The molecule has 0 amide bonds. The van der Waals surface area contributed by atoms with E-state index in [2.05, 4.69) is 6.79 Å². The molecule has 0 saturated heterocycles. The second-order valence-electron chi connectivity index (χ2n) is 0. The molecule has 0 aliphatic carbocycles. The summed E-state index contributed by atoms with van der Waals surface area (Å²) in [5.74, 6) is 0. The molecule has 0 unspecified atom stereocenters. The molecule has 35 valence electrons. The summed E-state index contributed by atoms with van der Waals surface area (Å²) < 4.78 is 0. The quantitative estimate of drug-likeness (QED) is 0.340. The van der Waals surface area contributed by atoms with Crippen molar-refractivity contribution in [1.29, 1.82) is 0 Å². The molecule has 0 aliphatic rings. The van der Waals surface area contributed by atoms with Crippen LogP contribution in [0.3, 0.4) is 0 Å². The maximum absolute atomic E-state index is 7.75. The summed E-state index contributed by atoms with van der Waals surface area (Å²) in [7, 11) is 1.00. The van der Waals surface area contributed by atoms with Gasteiger partial charge in [-0.2, -0.15) is 0 Å². The Morgan fingerprint density at radius 2 is 1.40 bits per heavy atom. The average molecular weight is 120 g/mol. The summed E-state index contributed by atoms with van der Waals surface area (Å²) in [6, 6.07) is 0. The minimum absolute atomic E-state index is 0. The minimum Gasteiger partial charge on any atom is -0.545 e. The summed E-state index contributed by atoms with van der Waals surface area (Å²) in [5, 5.41) is 7.00. The third-order valence-electron chi connectivity index (χ3n) is 0. The Morgan fingerprint density at radius 3 is 1.40 bits per heavy atom. The molecule has 0 aromatic carbocycles. The van der Waals surface area contributed by atoms with Gasteiger partial charge < -0.3 is 9.90 Å². The normalized spacial score (nSPS) is 2.00. The zero-order chi connectivity index (χ0) is 4.00. The maximum atomic E-state index is 7.75. The van der Waals surface area contributed by atoms with Crippen LogP contribution in [0.5, 0.6) is 0 Å². The van der Waals surface area contributed by atoms with E-state index in [0.717, 1.165) is 7.11 Å². The molecule has 0 bridgehead atoms. The van der Waals surface area contributed by atoms with Crippen molar-refractivity contribution in [3.63, 3.8) is 0 Å². The molecule has 0 rings (SSSR count). The van der Waals surface area contributed by atoms with Crippen molar-refractivity contribution < 1.29 is 26.7 Å². The fourth-order valence-electron chi connectivity index (χ4n) is 0. The monoisotopic (exact) mass is 120 g/mol. The molecule has 3 heteroatoms. The third kappa shape index (κ3) is 1010. The molecule has 0 saturated carbocycles. The Balaban J connectivity index is -0.0000000133. The fraction of sp³-hybridized carbons (Fsp3) is 0.500. The largest absolute Gasteiger partial charge is 0.545 e. The predicted molar refractivity (Wildman–Crippen MR) is 14.9 cm³/mol. The van der Waals surface area contributed by atoms with Gasteiger partial charge in [0.25, 0.3) is 0 Å². The van der Waals surface area contributed by atoms with Crippen LogP contribution in [-0.4, -0.2) is 19.0 Å². The topological polar surface area (TPSA) is 37.3 Å². The standard InChI is InChI=1S/CH4O.CHO.Co/c2*1-2;/h2H,1H3;1H;/q;-1;. The zero-order valence-electron chi connectivity index (χ0n) is 2.77. The molecular weight excluding hydrogens is 115 g/mol. The second kappa shape index (κ2) is 2180. The molecule has 0 aromatic rings. The summed E-state index contributed by atoms with van der Waals surface area (Å²) in [4.78, 5) is 7.75. The molecule has 0 fully saturated rings. The maximum Gasteiger partial charge on any atom is 0.0319 e. The van der Waals surface area contributed by atoms with Crippen molar-refractivity contribution in [2.24, 2.45) is 0 Å². The van der Waals surface area contributed by atoms with Crippen LogP contribution < -0.4 is 0 Å². The number of hydrogen-bond acceptors (Lipinski definition) is 2. The van der Waals surface area contributed by atoms with Crippen LogP contribution in [0.4, 0.5) is 0 Å². The molecule has 5 heavy (non-hydrogen) atoms. The van der Waals surface area contributed by atoms with E-state index in [0.29, 0.717) is 0 Å². The van der Waals surface area contributed by atoms with E-state index in [4.69, 9.17) is 9.90 Å². The van der Waals surface area contributed by atoms with Gasteiger partial charge in [0.15, 0.2) is 0 Å². The first-order valence-corrected chi connectivity index (χ1v) is 0.683. The van der Waals surface area contributed by atoms with Gasteiger partial charge in [0, 0.05) is 23.9 Å². The van der Waals surface area contributed by atoms with Crippen molar-refractivity contribution in [1.82, 2.24) is 0 Å². The second-order valence-corrected chi connectivity index (χ2v) is 0. The Labute approximate surface area is 41.4 Å². The van der Waals surface area contributed by atoms with Crippen molar-refractivity contribution >= 4 is 6.79 Å². The Kier molecular flexibility index (Phi) is 8410. The van der Waals surface area contributed by atoms with E-state index in [1.54, 1.807) is 0 Å². The zero-order valence-corrected chi connectivity index (χ0v) is 3.81. The Hall–Kier alpha value is 0.136. The third-order valence-corrected chi connectivity index (χ3v) is 0. The Bertz CT molecular complexity index is 7.61. The molecular formula is C2H5CoO2-. The van der Waals surface area contributed by atoms with E-state index in [1.807, 2.05) is 0 Å². The van der Waals surface area contributed by atoms with Crippen molar-refractivity contribution in [3.8, 4) is 0 Å². The van der Waals surface area contributed by atoms with Crippen LogP contribution in [0.2, 0.25) is 0 Å². The van der Waals surface area contributed by atoms with E-state index < -0.39 is 0 Å². The number of rotatable bonds is 0. The van der Waals surface area contributed by atoms with Crippen LogP contribution in [0.25, 0.3) is 0 Å². The van der Waals surface area contributed by atoms with Gasteiger partial charge in [-0.3, -0.25) is 6.79 Å². The van der Waals surface area contributed by atoms with Gasteiger partial charge in [0.1, 0.15) is 0 Å². The molecule has 0 heterocycles. The first-order chi connectivity index (χ1) is 2.00. The summed E-state index contributed by atoms with van der Waals surface area (Å²) in [6.07, 6.45) is 0. The first kappa shape index (κ1) is 19.3. The molecule has 0 aromatic heterocycles. The number of carbonyl (C=O) groups excluding carboxylic acids is 1. The van der Waals surface area contributed by atoms with Gasteiger partial charge in [0.05, 0.1) is 0 Å². The number of aliphatic hydroxyl groups excluding tert-OH is 1. The summed E-state index contributed by atoms with van der Waals surface area (Å²) in [6.45, 7) is 3.25. The molecule has 1 N–H and O–H groups in total. The van der Waals surface area contributed by atoms with Gasteiger partial charge in [0.2, 0.25) is 0 Å². The molecule has 0 atom stereocenters. The number of hydrogen-bond donors (Lipinski definition) is 1. The van der Waals surface area contributed by atoms with Crippen molar-refractivity contribution in [3.05, 3.63) is 0 Å².